The summed E-state index contributed by atoms with van der Waals surface area (Å²) in [4.78, 5) is 15.3. The zero-order valence-corrected chi connectivity index (χ0v) is 12.3. The van der Waals surface area contributed by atoms with Gasteiger partial charge in [0.05, 0.1) is 4.92 Å². The summed E-state index contributed by atoms with van der Waals surface area (Å²) >= 11 is 0. The summed E-state index contributed by atoms with van der Waals surface area (Å²) in [5.74, 6) is 0. The van der Waals surface area contributed by atoms with Crippen LogP contribution in [0.2, 0.25) is 0 Å². The van der Waals surface area contributed by atoms with Crippen LogP contribution in [0.5, 0.6) is 0 Å². The van der Waals surface area contributed by atoms with Crippen LogP contribution >= 0.6 is 0 Å². The molecule has 0 spiro atoms. The molecule has 21 heavy (non-hydrogen) atoms. The molecule has 6 heteroatoms. The summed E-state index contributed by atoms with van der Waals surface area (Å²) < 4.78 is 0. The molecule has 0 amide bonds. The van der Waals surface area contributed by atoms with Gasteiger partial charge in [0.2, 0.25) is 0 Å². The number of rotatable bonds is 7. The van der Waals surface area contributed by atoms with Crippen molar-refractivity contribution in [3.05, 3.63) is 34.4 Å². The second-order valence-corrected chi connectivity index (χ2v) is 5.36. The third kappa shape index (κ3) is 4.41. The lowest BCUT2D eigenvalue weighted by Gasteiger charge is -2.35. The van der Waals surface area contributed by atoms with Gasteiger partial charge in [-0.1, -0.05) is 12.1 Å². The minimum Gasteiger partial charge on any atom is -0.396 e. The van der Waals surface area contributed by atoms with E-state index in [4.69, 9.17) is 5.11 Å². The molecule has 0 aromatic heterocycles. The molecule has 0 unspecified atom stereocenters. The Morgan fingerprint density at radius 3 is 2.48 bits per heavy atom. The smallest absolute Gasteiger partial charge is 0.292 e. The fraction of sp³-hybridized carbons (Fsp3) is 0.600. The number of anilines is 1. The topological polar surface area (TPSA) is 69.9 Å². The van der Waals surface area contributed by atoms with Gasteiger partial charge in [0.15, 0.2) is 0 Å². The van der Waals surface area contributed by atoms with Crippen molar-refractivity contribution in [3.8, 4) is 0 Å². The molecule has 1 aliphatic rings. The van der Waals surface area contributed by atoms with E-state index in [0.29, 0.717) is 0 Å². The number of piperazine rings is 1. The van der Waals surface area contributed by atoms with Crippen LogP contribution in [0.3, 0.4) is 0 Å². The fourth-order valence-electron chi connectivity index (χ4n) is 2.72. The minimum absolute atomic E-state index is 0.189. The van der Waals surface area contributed by atoms with Crippen LogP contribution in [0.1, 0.15) is 19.3 Å². The zero-order valence-electron chi connectivity index (χ0n) is 12.3. The van der Waals surface area contributed by atoms with Gasteiger partial charge in [-0.15, -0.1) is 0 Å². The number of aliphatic hydroxyl groups is 1. The average molecular weight is 293 g/mol. The SMILES string of the molecule is O=[N+]([O-])c1ccccc1N1CCN(CCCCCO)CC1. The van der Waals surface area contributed by atoms with Gasteiger partial charge in [-0.3, -0.25) is 15.0 Å². The van der Waals surface area contributed by atoms with Crippen LogP contribution in [-0.4, -0.2) is 54.3 Å². The first-order valence-electron chi connectivity index (χ1n) is 7.54. The first-order valence-corrected chi connectivity index (χ1v) is 7.54. The van der Waals surface area contributed by atoms with E-state index < -0.39 is 0 Å². The number of para-hydroxylation sites is 2. The molecule has 116 valence electrons. The van der Waals surface area contributed by atoms with Crippen molar-refractivity contribution in [2.75, 3.05) is 44.2 Å². The average Bonchev–Trinajstić information content (AvgIpc) is 2.52. The molecule has 1 saturated heterocycles. The van der Waals surface area contributed by atoms with Crippen LogP contribution in [0.25, 0.3) is 0 Å². The van der Waals surface area contributed by atoms with Crippen molar-refractivity contribution in [1.29, 1.82) is 0 Å². The molecule has 0 bridgehead atoms. The number of nitro groups is 1. The molecular formula is C15H23N3O3. The predicted molar refractivity (Wildman–Crippen MR) is 82.7 cm³/mol. The molecule has 6 nitrogen and oxygen atoms in total. The second-order valence-electron chi connectivity index (χ2n) is 5.36. The summed E-state index contributed by atoms with van der Waals surface area (Å²) in [6.07, 6.45) is 3.03. The van der Waals surface area contributed by atoms with E-state index >= 15 is 0 Å². The van der Waals surface area contributed by atoms with Crippen molar-refractivity contribution in [2.45, 2.75) is 19.3 Å². The highest BCUT2D eigenvalue weighted by Crippen LogP contribution is 2.28. The Kier molecular flexibility index (Phi) is 5.95. The van der Waals surface area contributed by atoms with Gasteiger partial charge in [-0.25, -0.2) is 0 Å². The number of hydrogen-bond donors (Lipinski definition) is 1. The van der Waals surface area contributed by atoms with Gasteiger partial charge in [-0.2, -0.15) is 0 Å². The van der Waals surface area contributed by atoms with E-state index in [1.54, 1.807) is 12.1 Å². The van der Waals surface area contributed by atoms with E-state index in [2.05, 4.69) is 9.80 Å². The van der Waals surface area contributed by atoms with E-state index in [9.17, 15) is 10.1 Å². The summed E-state index contributed by atoms with van der Waals surface area (Å²) in [6, 6.07) is 6.95. The van der Waals surface area contributed by atoms with Crippen molar-refractivity contribution < 1.29 is 10.0 Å². The summed E-state index contributed by atoms with van der Waals surface area (Å²) in [7, 11) is 0. The molecule has 1 heterocycles. The molecule has 1 N–H and O–H groups in total. The maximum atomic E-state index is 11.1. The van der Waals surface area contributed by atoms with Crippen molar-refractivity contribution in [3.63, 3.8) is 0 Å². The summed E-state index contributed by atoms with van der Waals surface area (Å²) in [5, 5.41) is 19.8. The molecule has 2 rings (SSSR count). The van der Waals surface area contributed by atoms with Gasteiger partial charge in [0.1, 0.15) is 5.69 Å². The number of unbranched alkanes of at least 4 members (excludes halogenated alkanes) is 2. The van der Waals surface area contributed by atoms with Gasteiger partial charge in [0, 0.05) is 38.9 Å². The first kappa shape index (κ1) is 15.7. The zero-order chi connectivity index (χ0) is 15.1. The maximum Gasteiger partial charge on any atom is 0.292 e. The van der Waals surface area contributed by atoms with Crippen LogP contribution in [-0.2, 0) is 0 Å². The Morgan fingerprint density at radius 2 is 1.81 bits per heavy atom. The van der Waals surface area contributed by atoms with E-state index in [1.165, 1.54) is 0 Å². The van der Waals surface area contributed by atoms with Crippen LogP contribution in [0.15, 0.2) is 24.3 Å². The summed E-state index contributed by atoms with van der Waals surface area (Å²) in [6.45, 7) is 4.84. The molecule has 1 aromatic carbocycles. The Hall–Kier alpha value is -1.66. The molecule has 0 saturated carbocycles. The lowest BCUT2D eigenvalue weighted by Crippen LogP contribution is -2.46. The standard InChI is InChI=1S/C15H23N3O3/c19-13-5-1-4-8-16-9-11-17(12-10-16)14-6-2-3-7-15(14)18(20)21/h2-3,6-7,19H,1,4-5,8-13H2. The summed E-state index contributed by atoms with van der Waals surface area (Å²) in [5.41, 5.74) is 0.913. The monoisotopic (exact) mass is 293 g/mol. The van der Waals surface area contributed by atoms with E-state index in [1.807, 2.05) is 12.1 Å². The molecule has 0 radical (unpaired) electrons. The van der Waals surface area contributed by atoms with Crippen molar-refractivity contribution in [1.82, 2.24) is 4.90 Å². The molecule has 1 fully saturated rings. The highest BCUT2D eigenvalue weighted by atomic mass is 16.6. The number of hydrogen-bond acceptors (Lipinski definition) is 5. The largest absolute Gasteiger partial charge is 0.396 e. The van der Waals surface area contributed by atoms with Gasteiger partial charge >= 0.3 is 0 Å². The lowest BCUT2D eigenvalue weighted by atomic mass is 10.2. The third-order valence-corrected chi connectivity index (χ3v) is 3.92. The van der Waals surface area contributed by atoms with Crippen molar-refractivity contribution >= 4 is 11.4 Å². The predicted octanol–water partition coefficient (Wildman–Crippen LogP) is 1.88. The Balaban J connectivity index is 1.85. The first-order chi connectivity index (χ1) is 10.2. The molecule has 1 aliphatic heterocycles. The highest BCUT2D eigenvalue weighted by Gasteiger charge is 2.22. The van der Waals surface area contributed by atoms with Gasteiger partial charge in [-0.05, 0) is 31.9 Å². The van der Waals surface area contributed by atoms with Crippen molar-refractivity contribution in [2.24, 2.45) is 0 Å². The molecule has 1 aromatic rings. The minimum atomic E-state index is -0.309. The lowest BCUT2D eigenvalue weighted by molar-refractivity contribution is -0.384. The number of nitro benzene ring substituents is 1. The third-order valence-electron chi connectivity index (χ3n) is 3.92. The molecule has 0 aliphatic carbocycles. The van der Waals surface area contributed by atoms with E-state index in [0.717, 1.165) is 57.7 Å². The quantitative estimate of drug-likeness (QED) is 0.472. The van der Waals surface area contributed by atoms with Crippen LogP contribution < -0.4 is 4.90 Å². The second kappa shape index (κ2) is 7.95. The van der Waals surface area contributed by atoms with Crippen LogP contribution in [0, 0.1) is 10.1 Å². The number of nitrogens with zero attached hydrogens (tertiary/aromatic N) is 3. The number of benzene rings is 1. The Morgan fingerprint density at radius 1 is 1.10 bits per heavy atom. The van der Waals surface area contributed by atoms with E-state index in [-0.39, 0.29) is 17.2 Å². The molecular weight excluding hydrogens is 270 g/mol. The normalized spacial score (nSPS) is 16.1. The fourth-order valence-corrected chi connectivity index (χ4v) is 2.72. The van der Waals surface area contributed by atoms with Gasteiger partial charge < -0.3 is 10.0 Å². The number of aliphatic hydroxyl groups excluding tert-OH is 1. The Labute approximate surface area is 125 Å². The maximum absolute atomic E-state index is 11.1. The van der Waals surface area contributed by atoms with Gasteiger partial charge in [0.25, 0.3) is 5.69 Å². The Bertz CT molecular complexity index is 459. The highest BCUT2D eigenvalue weighted by molar-refractivity contribution is 5.63. The van der Waals surface area contributed by atoms with Crippen LogP contribution in [0.4, 0.5) is 11.4 Å². The molecule has 0 atom stereocenters.